The number of anilines is 1. The van der Waals surface area contributed by atoms with Crippen molar-refractivity contribution in [1.82, 2.24) is 24.1 Å². The van der Waals surface area contributed by atoms with Crippen molar-refractivity contribution >= 4 is 26.9 Å². The monoisotopic (exact) mass is 490 g/mol. The van der Waals surface area contributed by atoms with Crippen molar-refractivity contribution in [3.63, 3.8) is 0 Å². The number of aromatic nitrogens is 4. The third-order valence-electron chi connectivity index (χ3n) is 6.60. The maximum atomic E-state index is 13.1. The van der Waals surface area contributed by atoms with E-state index in [1.54, 1.807) is 41.9 Å². The zero-order chi connectivity index (χ0) is 24.0. The van der Waals surface area contributed by atoms with Gasteiger partial charge in [0.15, 0.2) is 5.65 Å². The summed E-state index contributed by atoms with van der Waals surface area (Å²) in [5.74, 6) is 2.81. The van der Waals surface area contributed by atoms with Gasteiger partial charge in [-0.25, -0.2) is 23.1 Å². The van der Waals surface area contributed by atoms with Crippen molar-refractivity contribution in [1.29, 1.82) is 0 Å². The van der Waals surface area contributed by atoms with Crippen LogP contribution in [0.15, 0.2) is 65.7 Å². The van der Waals surface area contributed by atoms with Crippen molar-refractivity contribution in [2.24, 2.45) is 0 Å². The fourth-order valence-electron chi connectivity index (χ4n) is 4.47. The summed E-state index contributed by atoms with van der Waals surface area (Å²) in [7, 11) is -1.87. The SMILES string of the molecule is COc1ccc(-n2ncc3c(N4CCN(S(=O)(=O)c5ccccc5)CC4)nc(C4CC4)nc32)cc1. The Kier molecular flexibility index (Phi) is 5.42. The van der Waals surface area contributed by atoms with Gasteiger partial charge in [-0.1, -0.05) is 18.2 Å². The van der Waals surface area contributed by atoms with E-state index in [4.69, 9.17) is 14.7 Å². The number of fused-ring (bicyclic) bond motifs is 1. The summed E-state index contributed by atoms with van der Waals surface area (Å²) in [6.45, 7) is 1.90. The summed E-state index contributed by atoms with van der Waals surface area (Å²) in [4.78, 5) is 12.3. The first-order valence-electron chi connectivity index (χ1n) is 11.7. The van der Waals surface area contributed by atoms with Crippen molar-refractivity contribution in [3.05, 3.63) is 66.6 Å². The number of sulfonamides is 1. The van der Waals surface area contributed by atoms with Crippen molar-refractivity contribution in [3.8, 4) is 11.4 Å². The first kappa shape index (κ1) is 22.0. The normalized spacial score (nSPS) is 17.1. The van der Waals surface area contributed by atoms with Gasteiger partial charge in [0, 0.05) is 32.1 Å². The summed E-state index contributed by atoms with van der Waals surface area (Å²) >= 11 is 0. The molecule has 0 unspecified atom stereocenters. The van der Waals surface area contributed by atoms with Crippen LogP contribution in [0, 0.1) is 0 Å². The van der Waals surface area contributed by atoms with Crippen LogP contribution in [0.3, 0.4) is 0 Å². The van der Waals surface area contributed by atoms with Crippen LogP contribution in [-0.2, 0) is 10.0 Å². The molecule has 1 saturated heterocycles. The molecule has 2 aliphatic rings. The van der Waals surface area contributed by atoms with Gasteiger partial charge in [-0.05, 0) is 49.2 Å². The summed E-state index contributed by atoms with van der Waals surface area (Å²) in [5.41, 5.74) is 1.66. The Morgan fingerprint density at radius 2 is 1.63 bits per heavy atom. The Bertz CT molecular complexity index is 1460. The minimum Gasteiger partial charge on any atom is -0.497 e. The molecule has 0 N–H and O–H groups in total. The van der Waals surface area contributed by atoms with E-state index in [-0.39, 0.29) is 0 Å². The minimum atomic E-state index is -3.51. The van der Waals surface area contributed by atoms with Crippen LogP contribution < -0.4 is 9.64 Å². The maximum Gasteiger partial charge on any atom is 0.243 e. The predicted octanol–water partition coefficient (Wildman–Crippen LogP) is 3.21. The van der Waals surface area contributed by atoms with E-state index < -0.39 is 10.0 Å². The van der Waals surface area contributed by atoms with Crippen LogP contribution in [-0.4, -0.2) is 65.8 Å². The molecule has 35 heavy (non-hydrogen) atoms. The smallest absolute Gasteiger partial charge is 0.243 e. The molecule has 0 amide bonds. The minimum absolute atomic E-state index is 0.328. The Morgan fingerprint density at radius 3 is 2.29 bits per heavy atom. The van der Waals surface area contributed by atoms with E-state index in [1.807, 2.05) is 35.0 Å². The summed E-state index contributed by atoms with van der Waals surface area (Å²) in [6, 6.07) is 16.3. The molecule has 0 radical (unpaired) electrons. The topological polar surface area (TPSA) is 93.5 Å². The molecule has 10 heteroatoms. The highest BCUT2D eigenvalue weighted by Gasteiger charge is 2.32. The molecule has 0 spiro atoms. The number of nitrogens with zero attached hydrogens (tertiary/aromatic N) is 6. The Labute approximate surface area is 204 Å². The van der Waals surface area contributed by atoms with Gasteiger partial charge in [0.05, 0.1) is 29.3 Å². The van der Waals surface area contributed by atoms with Gasteiger partial charge in [-0.3, -0.25) is 0 Å². The van der Waals surface area contributed by atoms with Crippen molar-refractivity contribution < 1.29 is 13.2 Å². The van der Waals surface area contributed by atoms with Crippen LogP contribution in [0.1, 0.15) is 24.6 Å². The summed E-state index contributed by atoms with van der Waals surface area (Å²) in [5, 5.41) is 5.50. The number of methoxy groups -OCH3 is 1. The van der Waals surface area contributed by atoms with E-state index in [0.717, 1.165) is 47.0 Å². The zero-order valence-electron chi connectivity index (χ0n) is 19.4. The second-order valence-electron chi connectivity index (χ2n) is 8.88. The molecule has 4 aromatic rings. The van der Waals surface area contributed by atoms with E-state index >= 15 is 0 Å². The lowest BCUT2D eigenvalue weighted by Gasteiger charge is -2.35. The van der Waals surface area contributed by atoms with E-state index in [1.165, 1.54) is 0 Å². The molecule has 2 fully saturated rings. The van der Waals surface area contributed by atoms with Gasteiger partial charge in [0.1, 0.15) is 17.4 Å². The Hall–Kier alpha value is -3.50. The molecule has 3 heterocycles. The molecule has 9 nitrogen and oxygen atoms in total. The lowest BCUT2D eigenvalue weighted by molar-refractivity contribution is 0.384. The highest BCUT2D eigenvalue weighted by Crippen LogP contribution is 2.40. The van der Waals surface area contributed by atoms with Gasteiger partial charge < -0.3 is 9.64 Å². The molecule has 2 aromatic carbocycles. The largest absolute Gasteiger partial charge is 0.497 e. The molecule has 0 bridgehead atoms. The number of ether oxygens (including phenoxy) is 1. The fraction of sp³-hybridized carbons (Fsp3) is 0.320. The third-order valence-corrected chi connectivity index (χ3v) is 8.52. The number of rotatable bonds is 6. The highest BCUT2D eigenvalue weighted by atomic mass is 32.2. The predicted molar refractivity (Wildman–Crippen MR) is 133 cm³/mol. The summed E-state index contributed by atoms with van der Waals surface area (Å²) in [6.07, 6.45) is 3.98. The maximum absolute atomic E-state index is 13.1. The van der Waals surface area contributed by atoms with Gasteiger partial charge in [-0.15, -0.1) is 0 Å². The van der Waals surface area contributed by atoms with Gasteiger partial charge >= 0.3 is 0 Å². The fourth-order valence-corrected chi connectivity index (χ4v) is 5.91. The molecule has 6 rings (SSSR count). The zero-order valence-corrected chi connectivity index (χ0v) is 20.2. The first-order chi connectivity index (χ1) is 17.0. The Balaban J connectivity index is 1.32. The number of benzene rings is 2. The lowest BCUT2D eigenvalue weighted by atomic mass is 10.2. The van der Waals surface area contributed by atoms with E-state index in [9.17, 15) is 8.42 Å². The second-order valence-corrected chi connectivity index (χ2v) is 10.8. The molecule has 2 aromatic heterocycles. The number of hydrogen-bond acceptors (Lipinski definition) is 7. The lowest BCUT2D eigenvalue weighted by Crippen LogP contribution is -2.49. The number of hydrogen-bond donors (Lipinski definition) is 0. The van der Waals surface area contributed by atoms with Crippen LogP contribution in [0.25, 0.3) is 16.7 Å². The molecule has 1 saturated carbocycles. The Morgan fingerprint density at radius 1 is 0.914 bits per heavy atom. The number of piperazine rings is 1. The van der Waals surface area contributed by atoms with Crippen LogP contribution in [0.2, 0.25) is 0 Å². The summed E-state index contributed by atoms with van der Waals surface area (Å²) < 4.78 is 34.8. The molecule has 1 aliphatic carbocycles. The van der Waals surface area contributed by atoms with Gasteiger partial charge in [0.25, 0.3) is 0 Å². The van der Waals surface area contributed by atoms with E-state index in [0.29, 0.717) is 37.0 Å². The average Bonchev–Trinajstić information content (AvgIpc) is 3.68. The quantitative estimate of drug-likeness (QED) is 0.410. The standard InChI is InChI=1S/C25H26N6O3S/c1-34-20-11-9-19(10-12-20)31-25-22(17-26-31)24(27-23(28-25)18-7-8-18)29-13-15-30(16-14-29)35(32,33)21-5-3-2-4-6-21/h2-6,9-12,17-18H,7-8,13-16H2,1H3. The molecular formula is C25H26N6O3S. The molecule has 180 valence electrons. The van der Waals surface area contributed by atoms with Crippen molar-refractivity contribution in [2.45, 2.75) is 23.7 Å². The van der Waals surface area contributed by atoms with Gasteiger partial charge in [-0.2, -0.15) is 9.40 Å². The highest BCUT2D eigenvalue weighted by molar-refractivity contribution is 7.89. The van der Waals surface area contributed by atoms with Crippen molar-refractivity contribution in [2.75, 3.05) is 38.2 Å². The molecule has 0 atom stereocenters. The van der Waals surface area contributed by atoms with Gasteiger partial charge in [0.2, 0.25) is 10.0 Å². The van der Waals surface area contributed by atoms with Crippen LogP contribution in [0.5, 0.6) is 5.75 Å². The first-order valence-corrected chi connectivity index (χ1v) is 13.2. The van der Waals surface area contributed by atoms with E-state index in [2.05, 4.69) is 10.00 Å². The van der Waals surface area contributed by atoms with Crippen LogP contribution in [0.4, 0.5) is 5.82 Å². The molecular weight excluding hydrogens is 464 g/mol. The molecule has 1 aliphatic heterocycles. The second kappa shape index (κ2) is 8.62. The third kappa shape index (κ3) is 4.02. The van der Waals surface area contributed by atoms with Crippen LogP contribution >= 0.6 is 0 Å². The average molecular weight is 491 g/mol.